The second-order valence-electron chi connectivity index (χ2n) is 4.79. The summed E-state index contributed by atoms with van der Waals surface area (Å²) in [6, 6.07) is 0. The number of rotatable bonds is 4. The fourth-order valence-corrected chi connectivity index (χ4v) is 3.21. The second-order valence-corrected chi connectivity index (χ2v) is 5.93. The Balaban J connectivity index is 2.17. The Labute approximate surface area is 123 Å². The van der Waals surface area contributed by atoms with Gasteiger partial charge in [0.25, 0.3) is 0 Å². The van der Waals surface area contributed by atoms with Crippen LogP contribution in [0.25, 0.3) is 0 Å². The van der Waals surface area contributed by atoms with Gasteiger partial charge in [0, 0.05) is 24.7 Å². The van der Waals surface area contributed by atoms with Crippen LogP contribution >= 0.6 is 23.2 Å². The van der Waals surface area contributed by atoms with Crippen LogP contribution in [0, 0.1) is 5.92 Å². The van der Waals surface area contributed by atoms with Gasteiger partial charge in [-0.2, -0.15) is 0 Å². The second kappa shape index (κ2) is 6.23. The predicted molar refractivity (Wildman–Crippen MR) is 77.6 cm³/mol. The Bertz CT molecular complexity index is 427. The number of alkyl halides is 1. The number of ketones is 1. The van der Waals surface area contributed by atoms with Crippen molar-refractivity contribution in [3.8, 4) is 0 Å². The first-order chi connectivity index (χ1) is 9.05. The molecule has 0 aromatic rings. The van der Waals surface area contributed by atoms with Gasteiger partial charge in [-0.3, -0.25) is 9.69 Å². The van der Waals surface area contributed by atoms with Crippen molar-refractivity contribution in [3.05, 3.63) is 35.9 Å². The van der Waals surface area contributed by atoms with E-state index in [1.165, 1.54) is 6.08 Å². The number of hydrogen-bond donors (Lipinski definition) is 0. The number of allylic oxidation sites excluding steroid dienone is 4. The lowest BCUT2D eigenvalue weighted by atomic mass is 9.83. The third kappa shape index (κ3) is 3.48. The van der Waals surface area contributed by atoms with E-state index in [1.54, 1.807) is 18.2 Å². The van der Waals surface area contributed by atoms with Crippen LogP contribution in [0.3, 0.4) is 0 Å². The molecule has 19 heavy (non-hydrogen) atoms. The molecule has 0 aromatic heterocycles. The molecule has 0 spiro atoms. The average Bonchev–Trinajstić information content (AvgIpc) is 2.38. The lowest BCUT2D eigenvalue weighted by Crippen LogP contribution is -2.49. The van der Waals surface area contributed by atoms with Crippen molar-refractivity contribution in [2.75, 3.05) is 32.8 Å². The Morgan fingerprint density at radius 2 is 2.26 bits per heavy atom. The monoisotopic (exact) mass is 301 g/mol. The van der Waals surface area contributed by atoms with E-state index in [0.29, 0.717) is 24.8 Å². The molecule has 1 aliphatic heterocycles. The van der Waals surface area contributed by atoms with Crippen LogP contribution in [0.15, 0.2) is 35.9 Å². The van der Waals surface area contributed by atoms with Crippen LogP contribution in [-0.2, 0) is 9.53 Å². The van der Waals surface area contributed by atoms with Crippen molar-refractivity contribution in [3.63, 3.8) is 0 Å². The highest BCUT2D eigenvalue weighted by Crippen LogP contribution is 2.36. The number of carbonyl (C=O) groups excluding carboxylic acids is 1. The van der Waals surface area contributed by atoms with E-state index >= 15 is 0 Å². The lowest BCUT2D eigenvalue weighted by molar-refractivity contribution is -0.117. The molecule has 0 aromatic carbocycles. The third-order valence-electron chi connectivity index (χ3n) is 3.42. The van der Waals surface area contributed by atoms with Gasteiger partial charge in [0.2, 0.25) is 0 Å². The van der Waals surface area contributed by atoms with Crippen LogP contribution in [0.1, 0.15) is 0 Å². The van der Waals surface area contributed by atoms with Crippen LogP contribution in [-0.4, -0.2) is 48.4 Å². The molecule has 0 bridgehead atoms. The van der Waals surface area contributed by atoms with Crippen LogP contribution < -0.4 is 0 Å². The van der Waals surface area contributed by atoms with Gasteiger partial charge in [0.05, 0.1) is 24.0 Å². The molecule has 5 heteroatoms. The van der Waals surface area contributed by atoms with E-state index in [0.717, 1.165) is 13.1 Å². The minimum absolute atomic E-state index is 0.0834. The minimum Gasteiger partial charge on any atom is -0.379 e. The molecule has 1 aliphatic carbocycles. The van der Waals surface area contributed by atoms with Gasteiger partial charge in [-0.05, 0) is 18.2 Å². The van der Waals surface area contributed by atoms with Gasteiger partial charge in [0.1, 0.15) is 0 Å². The number of hydrogen-bond acceptors (Lipinski definition) is 3. The van der Waals surface area contributed by atoms with E-state index in [9.17, 15) is 4.79 Å². The van der Waals surface area contributed by atoms with Crippen LogP contribution in [0.4, 0.5) is 0 Å². The van der Waals surface area contributed by atoms with Crippen molar-refractivity contribution in [1.82, 2.24) is 4.90 Å². The average molecular weight is 302 g/mol. The quantitative estimate of drug-likeness (QED) is 0.590. The number of ether oxygens (including phenoxy) is 1. The topological polar surface area (TPSA) is 29.5 Å². The van der Waals surface area contributed by atoms with Crippen molar-refractivity contribution in [1.29, 1.82) is 0 Å². The van der Waals surface area contributed by atoms with Gasteiger partial charge in [-0.25, -0.2) is 0 Å². The zero-order chi connectivity index (χ0) is 13.9. The molecular weight excluding hydrogens is 285 g/mol. The molecule has 0 radical (unpaired) electrons. The van der Waals surface area contributed by atoms with Gasteiger partial charge < -0.3 is 4.74 Å². The maximum absolute atomic E-state index is 12.0. The van der Waals surface area contributed by atoms with Gasteiger partial charge in [-0.1, -0.05) is 24.3 Å². The molecule has 1 saturated heterocycles. The predicted octanol–water partition coefficient (Wildman–Crippen LogP) is 2.36. The Morgan fingerprint density at radius 1 is 1.58 bits per heavy atom. The smallest absolute Gasteiger partial charge is 0.164 e. The summed E-state index contributed by atoms with van der Waals surface area (Å²) in [5.74, 6) is -0.503. The molecular formula is C14H17Cl2NO2. The largest absolute Gasteiger partial charge is 0.379 e. The highest BCUT2D eigenvalue weighted by atomic mass is 35.5. The summed E-state index contributed by atoms with van der Waals surface area (Å²) in [5.41, 5.74) is 0. The molecule has 2 unspecified atom stereocenters. The van der Waals surface area contributed by atoms with Crippen LogP contribution in [0.2, 0.25) is 0 Å². The van der Waals surface area contributed by atoms with E-state index in [1.807, 2.05) is 0 Å². The van der Waals surface area contributed by atoms with E-state index in [-0.39, 0.29) is 5.78 Å². The third-order valence-corrected chi connectivity index (χ3v) is 4.12. The summed E-state index contributed by atoms with van der Waals surface area (Å²) in [6.07, 6.45) is 6.56. The van der Waals surface area contributed by atoms with E-state index in [2.05, 4.69) is 11.5 Å². The highest BCUT2D eigenvalue weighted by molar-refractivity contribution is 6.34. The summed E-state index contributed by atoms with van der Waals surface area (Å²) < 4.78 is 5.32. The molecule has 0 saturated carbocycles. The van der Waals surface area contributed by atoms with Crippen molar-refractivity contribution < 1.29 is 9.53 Å². The molecule has 2 aliphatic rings. The first-order valence-corrected chi connectivity index (χ1v) is 7.02. The molecule has 1 fully saturated rings. The normalized spacial score (nSPS) is 31.9. The number of nitrogens with zero attached hydrogens (tertiary/aromatic N) is 1. The fraction of sp³-hybridized carbons (Fsp3) is 0.500. The van der Waals surface area contributed by atoms with Crippen molar-refractivity contribution >= 4 is 29.0 Å². The number of halogens is 2. The first-order valence-electron chi connectivity index (χ1n) is 6.27. The maximum Gasteiger partial charge on any atom is 0.164 e. The lowest BCUT2D eigenvalue weighted by Gasteiger charge is -2.38. The van der Waals surface area contributed by atoms with Gasteiger partial charge in [-0.15, -0.1) is 11.6 Å². The van der Waals surface area contributed by atoms with E-state index in [4.69, 9.17) is 27.9 Å². The molecule has 104 valence electrons. The summed E-state index contributed by atoms with van der Waals surface area (Å²) >= 11 is 12.7. The highest BCUT2D eigenvalue weighted by Gasteiger charge is 2.40. The Kier molecular flexibility index (Phi) is 4.85. The summed E-state index contributed by atoms with van der Waals surface area (Å²) in [5, 5.41) is 0.566. The maximum atomic E-state index is 12.0. The number of carbonyl (C=O) groups is 1. The Hall–Kier alpha value is -0.610. The zero-order valence-corrected chi connectivity index (χ0v) is 12.2. The Morgan fingerprint density at radius 3 is 2.89 bits per heavy atom. The number of morpholine rings is 1. The summed E-state index contributed by atoms with van der Waals surface area (Å²) in [6.45, 7) is 7.14. The van der Waals surface area contributed by atoms with Crippen molar-refractivity contribution in [2.24, 2.45) is 5.92 Å². The fourth-order valence-electron chi connectivity index (χ4n) is 2.42. The standard InChI is InChI=1S/C14H17Cl2NO2/c1-2-13(18)12-4-3-11(15)9-14(12,16)10-17-5-7-19-8-6-17/h2-4,9,12H,1,5-8,10H2. The molecule has 3 nitrogen and oxygen atoms in total. The van der Waals surface area contributed by atoms with Gasteiger partial charge >= 0.3 is 0 Å². The summed E-state index contributed by atoms with van der Waals surface area (Å²) in [7, 11) is 0. The molecule has 1 heterocycles. The molecule has 2 atom stereocenters. The molecule has 2 rings (SSSR count). The van der Waals surface area contributed by atoms with Crippen LogP contribution in [0.5, 0.6) is 0 Å². The van der Waals surface area contributed by atoms with E-state index < -0.39 is 10.8 Å². The summed E-state index contributed by atoms with van der Waals surface area (Å²) in [4.78, 5) is 13.3. The molecule has 0 N–H and O–H groups in total. The SMILES string of the molecule is C=CC(=O)C1C=CC(Cl)=CC1(Cl)CN1CCOCC1. The van der Waals surface area contributed by atoms with Gasteiger partial charge in [0.15, 0.2) is 5.78 Å². The minimum atomic E-state index is -0.811. The first kappa shape index (κ1) is 14.8. The zero-order valence-electron chi connectivity index (χ0n) is 10.6. The molecule has 0 amide bonds. The van der Waals surface area contributed by atoms with Crippen molar-refractivity contribution in [2.45, 2.75) is 4.87 Å².